The molecule has 0 aliphatic heterocycles. The Morgan fingerprint density at radius 2 is 1.83 bits per heavy atom. The summed E-state index contributed by atoms with van der Waals surface area (Å²) in [6.07, 6.45) is 1.66. The van der Waals surface area contributed by atoms with E-state index >= 15 is 0 Å². The Labute approximate surface area is 142 Å². The lowest BCUT2D eigenvalue weighted by Gasteiger charge is -2.14. The van der Waals surface area contributed by atoms with Crippen molar-refractivity contribution in [2.24, 2.45) is 5.73 Å². The molecular weight excluding hydrogens is 324 g/mol. The Kier molecular flexibility index (Phi) is 4.62. The minimum atomic E-state index is -0.904. The van der Waals surface area contributed by atoms with E-state index in [1.54, 1.807) is 35.8 Å². The second-order valence-corrected chi connectivity index (χ2v) is 5.83. The molecule has 3 N–H and O–H groups in total. The topological polar surface area (TPSA) is 98.0 Å². The number of rotatable bonds is 5. The van der Waals surface area contributed by atoms with Crippen LogP contribution < -0.4 is 11.1 Å². The van der Waals surface area contributed by atoms with E-state index in [1.807, 2.05) is 24.3 Å². The fourth-order valence-electron chi connectivity index (χ4n) is 2.15. The molecule has 0 aliphatic carbocycles. The number of hydrogen-bond acceptors (Lipinski definition) is 5. The van der Waals surface area contributed by atoms with Crippen LogP contribution in [0.15, 0.2) is 60.1 Å². The summed E-state index contributed by atoms with van der Waals surface area (Å²) in [4.78, 5) is 32.5. The van der Waals surface area contributed by atoms with Gasteiger partial charge in [-0.25, -0.2) is 4.98 Å². The Balaban J connectivity index is 1.79. The second kappa shape index (κ2) is 7.01. The SMILES string of the molecule is NC(=O)[C@H](NC(=O)c1csc(-c2ccccn2)n1)c1ccccc1. The molecule has 0 radical (unpaired) electrons. The molecule has 1 atom stereocenters. The number of amides is 2. The fraction of sp³-hybridized carbons (Fsp3) is 0.0588. The summed E-state index contributed by atoms with van der Waals surface area (Å²) in [5.41, 5.74) is 6.95. The molecule has 1 aromatic carbocycles. The van der Waals surface area contributed by atoms with Crippen molar-refractivity contribution in [3.05, 3.63) is 71.4 Å². The maximum Gasteiger partial charge on any atom is 0.271 e. The van der Waals surface area contributed by atoms with Crippen LogP contribution in [-0.4, -0.2) is 21.8 Å². The zero-order chi connectivity index (χ0) is 16.9. The average molecular weight is 338 g/mol. The highest BCUT2D eigenvalue weighted by atomic mass is 32.1. The van der Waals surface area contributed by atoms with E-state index < -0.39 is 17.9 Å². The molecule has 2 aromatic heterocycles. The number of nitrogens with two attached hydrogens (primary N) is 1. The minimum absolute atomic E-state index is 0.225. The second-order valence-electron chi connectivity index (χ2n) is 4.97. The predicted molar refractivity (Wildman–Crippen MR) is 91.2 cm³/mol. The normalized spacial score (nSPS) is 11.7. The molecule has 0 saturated heterocycles. The number of benzene rings is 1. The molecule has 0 unspecified atom stereocenters. The van der Waals surface area contributed by atoms with Crippen LogP contribution in [0.25, 0.3) is 10.7 Å². The Hall–Kier alpha value is -3.06. The van der Waals surface area contributed by atoms with Gasteiger partial charge in [-0.1, -0.05) is 36.4 Å². The Morgan fingerprint density at radius 3 is 2.50 bits per heavy atom. The van der Waals surface area contributed by atoms with Gasteiger partial charge in [-0.3, -0.25) is 14.6 Å². The summed E-state index contributed by atoms with van der Waals surface area (Å²) in [5.74, 6) is -1.09. The van der Waals surface area contributed by atoms with Crippen LogP contribution in [0.3, 0.4) is 0 Å². The van der Waals surface area contributed by atoms with E-state index in [0.29, 0.717) is 16.3 Å². The van der Waals surface area contributed by atoms with Gasteiger partial charge in [0.25, 0.3) is 5.91 Å². The van der Waals surface area contributed by atoms with E-state index in [0.717, 1.165) is 0 Å². The molecule has 0 saturated carbocycles. The van der Waals surface area contributed by atoms with Gasteiger partial charge in [0.05, 0.1) is 5.69 Å². The predicted octanol–water partition coefficient (Wildman–Crippen LogP) is 2.16. The third-order valence-electron chi connectivity index (χ3n) is 3.31. The van der Waals surface area contributed by atoms with Crippen LogP contribution in [-0.2, 0) is 4.79 Å². The van der Waals surface area contributed by atoms with Gasteiger partial charge in [0, 0.05) is 11.6 Å². The molecule has 0 bridgehead atoms. The van der Waals surface area contributed by atoms with Crippen LogP contribution in [0.4, 0.5) is 0 Å². The van der Waals surface area contributed by atoms with Crippen molar-refractivity contribution in [1.29, 1.82) is 0 Å². The summed E-state index contributed by atoms with van der Waals surface area (Å²) in [7, 11) is 0. The number of pyridine rings is 1. The number of nitrogens with one attached hydrogen (secondary N) is 1. The van der Waals surface area contributed by atoms with Crippen molar-refractivity contribution >= 4 is 23.2 Å². The number of nitrogens with zero attached hydrogens (tertiary/aromatic N) is 2. The lowest BCUT2D eigenvalue weighted by molar-refractivity contribution is -0.120. The smallest absolute Gasteiger partial charge is 0.271 e. The quantitative estimate of drug-likeness (QED) is 0.745. The van der Waals surface area contributed by atoms with Crippen molar-refractivity contribution in [3.63, 3.8) is 0 Å². The van der Waals surface area contributed by atoms with E-state index in [9.17, 15) is 9.59 Å². The summed E-state index contributed by atoms with van der Waals surface area (Å²) in [5, 5.41) is 4.89. The molecule has 6 nitrogen and oxygen atoms in total. The number of aromatic nitrogens is 2. The van der Waals surface area contributed by atoms with Gasteiger partial charge in [0.1, 0.15) is 16.7 Å². The molecule has 0 fully saturated rings. The van der Waals surface area contributed by atoms with Crippen molar-refractivity contribution in [3.8, 4) is 10.7 Å². The minimum Gasteiger partial charge on any atom is -0.368 e. The van der Waals surface area contributed by atoms with Gasteiger partial charge in [0.15, 0.2) is 0 Å². The molecule has 7 heteroatoms. The van der Waals surface area contributed by atoms with Crippen molar-refractivity contribution in [1.82, 2.24) is 15.3 Å². The maximum absolute atomic E-state index is 12.4. The molecule has 120 valence electrons. The standard InChI is InChI=1S/C17H14N4O2S/c18-15(22)14(11-6-2-1-3-7-11)21-16(23)13-10-24-17(20-13)12-8-4-5-9-19-12/h1-10,14H,(H2,18,22)(H,21,23)/t14-/m1/s1. The lowest BCUT2D eigenvalue weighted by atomic mass is 10.1. The summed E-state index contributed by atoms with van der Waals surface area (Å²) in [6, 6.07) is 13.4. The van der Waals surface area contributed by atoms with Crippen LogP contribution in [0.1, 0.15) is 22.1 Å². The van der Waals surface area contributed by atoms with E-state index in [1.165, 1.54) is 11.3 Å². The van der Waals surface area contributed by atoms with Crippen molar-refractivity contribution in [2.75, 3.05) is 0 Å². The first-order valence-electron chi connectivity index (χ1n) is 7.17. The first-order chi connectivity index (χ1) is 11.6. The zero-order valence-corrected chi connectivity index (χ0v) is 13.4. The number of primary amides is 1. The van der Waals surface area contributed by atoms with Crippen LogP contribution >= 0.6 is 11.3 Å². The number of carbonyl (C=O) groups is 2. The Morgan fingerprint density at radius 1 is 1.08 bits per heavy atom. The molecule has 3 aromatic rings. The third kappa shape index (κ3) is 3.47. The van der Waals surface area contributed by atoms with E-state index in [-0.39, 0.29) is 5.69 Å². The molecule has 0 aliphatic rings. The van der Waals surface area contributed by atoms with Gasteiger partial charge in [-0.05, 0) is 17.7 Å². The van der Waals surface area contributed by atoms with Gasteiger partial charge in [0.2, 0.25) is 5.91 Å². The average Bonchev–Trinajstić information content (AvgIpc) is 3.11. The van der Waals surface area contributed by atoms with Gasteiger partial charge >= 0.3 is 0 Å². The highest BCUT2D eigenvalue weighted by Crippen LogP contribution is 2.22. The van der Waals surface area contributed by atoms with Crippen molar-refractivity contribution < 1.29 is 9.59 Å². The molecule has 24 heavy (non-hydrogen) atoms. The molecule has 3 rings (SSSR count). The lowest BCUT2D eigenvalue weighted by Crippen LogP contribution is -2.37. The summed E-state index contributed by atoms with van der Waals surface area (Å²) in [6.45, 7) is 0. The largest absolute Gasteiger partial charge is 0.368 e. The van der Waals surface area contributed by atoms with E-state index in [4.69, 9.17) is 5.73 Å². The monoisotopic (exact) mass is 338 g/mol. The van der Waals surface area contributed by atoms with Crippen LogP contribution in [0.5, 0.6) is 0 Å². The number of thiazole rings is 1. The highest BCUT2D eigenvalue weighted by molar-refractivity contribution is 7.13. The molecule has 0 spiro atoms. The zero-order valence-electron chi connectivity index (χ0n) is 12.5. The molecule has 2 amide bonds. The molecular formula is C17H14N4O2S. The highest BCUT2D eigenvalue weighted by Gasteiger charge is 2.22. The van der Waals surface area contributed by atoms with E-state index in [2.05, 4.69) is 15.3 Å². The van der Waals surface area contributed by atoms with Crippen LogP contribution in [0.2, 0.25) is 0 Å². The Bertz CT molecular complexity index is 849. The number of hydrogen-bond donors (Lipinski definition) is 2. The van der Waals surface area contributed by atoms with Gasteiger partial charge in [-0.15, -0.1) is 11.3 Å². The van der Waals surface area contributed by atoms with Crippen LogP contribution in [0, 0.1) is 0 Å². The summed E-state index contributed by atoms with van der Waals surface area (Å²) >= 11 is 1.31. The summed E-state index contributed by atoms with van der Waals surface area (Å²) < 4.78 is 0. The maximum atomic E-state index is 12.4. The van der Waals surface area contributed by atoms with Gasteiger partial charge in [-0.2, -0.15) is 0 Å². The van der Waals surface area contributed by atoms with Crippen molar-refractivity contribution in [2.45, 2.75) is 6.04 Å². The first kappa shape index (κ1) is 15.8. The fourth-order valence-corrected chi connectivity index (χ4v) is 2.93. The number of carbonyl (C=O) groups excluding carboxylic acids is 2. The molecule has 2 heterocycles. The van der Waals surface area contributed by atoms with Gasteiger partial charge < -0.3 is 11.1 Å². The third-order valence-corrected chi connectivity index (χ3v) is 4.18. The first-order valence-corrected chi connectivity index (χ1v) is 8.05.